The van der Waals surface area contributed by atoms with Gasteiger partial charge in [-0.1, -0.05) is 220 Å². The SMILES string of the molecule is Cc1cc(-c2c(C)c(C)cc3c2oc2c4ccccc4ccc32)[n+](C)cn1.Cc1cc(-c2c(C)ccc3c2oc2c4ccccc4ccc32)[n+](C)cn1.Cc1cc2c(oc3c4ccccc4ccc23)c(-c2ccnc[n+]2C)c1C.Cc1ccc2c(oc3c4ccccc4ccc23)c1-c1ccnc[n+]1C.Cc1ccc2c(oc3c4ccccc4ccc23)c1-c1n(C)c2ccccc2[n+]1C. The Bertz CT molecular complexity index is 9280. The molecule has 0 aliphatic rings. The molecule has 15 nitrogen and oxygen atoms in total. The molecular formula is C118H97N10O5+5. The molecule has 10 aromatic heterocycles. The number of rotatable bonds is 5. The maximum absolute atomic E-state index is 6.61. The van der Waals surface area contributed by atoms with Crippen LogP contribution in [-0.4, -0.2) is 24.5 Å². The van der Waals surface area contributed by atoms with Gasteiger partial charge in [0.2, 0.25) is 0 Å². The predicted molar refractivity (Wildman–Crippen MR) is 539 cm³/mol. The van der Waals surface area contributed by atoms with Gasteiger partial charge in [0, 0.05) is 119 Å². The topological polar surface area (TPSA) is 142 Å². The van der Waals surface area contributed by atoms with Crippen molar-refractivity contribution < 1.29 is 44.9 Å². The minimum atomic E-state index is 0.938. The molecule has 0 aliphatic carbocycles. The van der Waals surface area contributed by atoms with Gasteiger partial charge in [0.05, 0.1) is 64.5 Å². The van der Waals surface area contributed by atoms with Gasteiger partial charge in [-0.05, 0) is 169 Å². The number of fused-ring (bicyclic) bond motifs is 26. The molecule has 0 amide bonds. The summed E-state index contributed by atoms with van der Waals surface area (Å²) >= 11 is 0. The molecule has 26 rings (SSSR count). The van der Waals surface area contributed by atoms with Gasteiger partial charge < -0.3 is 22.1 Å². The van der Waals surface area contributed by atoms with Gasteiger partial charge in [0.1, 0.15) is 91.0 Å². The van der Waals surface area contributed by atoms with Crippen molar-refractivity contribution in [3.63, 3.8) is 0 Å². The summed E-state index contributed by atoms with van der Waals surface area (Å²) in [6.45, 7) is 19.1. The number of aromatic nitrogens is 10. The fourth-order valence-corrected chi connectivity index (χ4v) is 20.1. The molecule has 0 bridgehead atoms. The number of para-hydroxylation sites is 2. The van der Waals surface area contributed by atoms with Gasteiger partial charge in [-0.25, -0.2) is 27.4 Å². The molecule has 0 unspecified atom stereocenters. The summed E-state index contributed by atoms with van der Waals surface area (Å²) in [4.78, 5) is 17.2. The molecule has 0 atom stereocenters. The first-order valence-electron chi connectivity index (χ1n) is 45.1. The molecule has 0 fully saturated rings. The van der Waals surface area contributed by atoms with Crippen LogP contribution in [0.15, 0.2) is 339 Å². The third-order valence-electron chi connectivity index (χ3n) is 27.3. The summed E-state index contributed by atoms with van der Waals surface area (Å²) in [5.74, 6) is 1.15. The van der Waals surface area contributed by atoms with Crippen LogP contribution < -0.4 is 22.8 Å². The van der Waals surface area contributed by atoms with Gasteiger partial charge in [0.15, 0.2) is 28.0 Å². The van der Waals surface area contributed by atoms with Gasteiger partial charge in [-0.15, -0.1) is 0 Å². The van der Waals surface area contributed by atoms with Crippen molar-refractivity contribution in [1.82, 2.24) is 24.5 Å². The monoisotopic (exact) mass is 1730 g/mol. The van der Waals surface area contributed by atoms with E-state index in [1.807, 2.05) is 101 Å². The minimum absolute atomic E-state index is 0.938. The Morgan fingerprint density at radius 1 is 0.241 bits per heavy atom. The Hall–Kier alpha value is -16.4. The van der Waals surface area contributed by atoms with Gasteiger partial charge >= 0.3 is 0 Å². The molecule has 15 heteroatoms. The van der Waals surface area contributed by atoms with Crippen LogP contribution >= 0.6 is 0 Å². The van der Waals surface area contributed by atoms with Crippen LogP contribution in [0, 0.1) is 62.3 Å². The molecule has 0 saturated heterocycles. The highest BCUT2D eigenvalue weighted by molar-refractivity contribution is 6.22. The molecule has 16 aromatic carbocycles. The van der Waals surface area contributed by atoms with E-state index in [1.165, 1.54) is 104 Å². The van der Waals surface area contributed by atoms with E-state index in [2.05, 4.69) is 368 Å². The standard InChI is InChI=1S/C26H21N2O.C24H21N2O.2C23H19N2O.C22H17N2O/c1-16-12-14-20-19-15-13-17-8-4-5-9-18(17)24(19)29-25(20)23(16)26-27(2)21-10-6-7-11-22(21)28(26)3;1-14-11-20-19-10-9-17-7-5-6-8-18(17)23(19)27-24(20)22(16(14)3)21-12-15(2)25-13-26(21)4;1-14-8-10-19-18-11-9-16-6-4-5-7-17(16)22(18)26-23(19)21(14)20-12-15(2)24-13-25(20)3;1-14-12-19-18-9-8-16-6-4-5-7-17(16)22(18)26-23(19)21(15(14)2)20-10-11-24-13-25(20)3;1-14-7-9-18-17-10-8-15-5-3-4-6-16(15)21(17)25-22(18)20(14)19-11-12-23-13-24(19)2/h4-15H,1-3H3;5-13H,1-4H3;2*4-13H,1-3H3;3-13H,1-2H3/q5*+1. The molecule has 644 valence electrons. The van der Waals surface area contributed by atoms with E-state index in [1.54, 1.807) is 0 Å². The van der Waals surface area contributed by atoms with Crippen molar-refractivity contribution in [2.24, 2.45) is 42.3 Å². The van der Waals surface area contributed by atoms with Crippen LogP contribution in [0.5, 0.6) is 0 Å². The first-order chi connectivity index (χ1) is 64.7. The lowest BCUT2D eigenvalue weighted by atomic mass is 9.96. The van der Waals surface area contributed by atoms with E-state index >= 15 is 0 Å². The quantitative estimate of drug-likeness (QED) is 0.154. The number of benzene rings is 16. The van der Waals surface area contributed by atoms with E-state index in [4.69, 9.17) is 22.1 Å². The zero-order chi connectivity index (χ0) is 91.0. The highest BCUT2D eigenvalue weighted by Crippen LogP contribution is 2.47. The smallest absolute Gasteiger partial charge is 0.293 e. The molecule has 0 saturated carbocycles. The molecule has 26 aromatic rings. The summed E-state index contributed by atoms with van der Waals surface area (Å²) < 4.78 is 45.4. The van der Waals surface area contributed by atoms with Crippen LogP contribution in [0.3, 0.4) is 0 Å². The molecule has 10 heterocycles. The van der Waals surface area contributed by atoms with Crippen molar-refractivity contribution >= 4 is 175 Å². The van der Waals surface area contributed by atoms with E-state index in [0.29, 0.717) is 0 Å². The lowest BCUT2D eigenvalue weighted by molar-refractivity contribution is -0.663. The molecule has 0 aliphatic heterocycles. The second-order valence-corrected chi connectivity index (χ2v) is 35.5. The maximum Gasteiger partial charge on any atom is 0.293 e. The average molecular weight is 1740 g/mol. The van der Waals surface area contributed by atoms with Crippen LogP contribution in [-0.2, 0) is 42.3 Å². The van der Waals surface area contributed by atoms with Gasteiger partial charge in [-0.3, -0.25) is 0 Å². The molecule has 0 radical (unpaired) electrons. The van der Waals surface area contributed by atoms with Crippen molar-refractivity contribution in [2.75, 3.05) is 0 Å². The number of nitrogens with zero attached hydrogens (tertiary/aromatic N) is 10. The number of imidazole rings is 1. The van der Waals surface area contributed by atoms with E-state index in [0.717, 1.165) is 177 Å². The summed E-state index contributed by atoms with van der Waals surface area (Å²) in [7, 11) is 12.4. The summed E-state index contributed by atoms with van der Waals surface area (Å²) in [6, 6.07) is 98.1. The predicted octanol–water partition coefficient (Wildman–Crippen LogP) is 27.0. The van der Waals surface area contributed by atoms with Crippen molar-refractivity contribution in [2.45, 2.75) is 62.3 Å². The summed E-state index contributed by atoms with van der Waals surface area (Å²) in [5.41, 5.74) is 32.7. The van der Waals surface area contributed by atoms with Crippen LogP contribution in [0.1, 0.15) is 50.3 Å². The number of hydrogen-bond acceptors (Lipinski definition) is 9. The van der Waals surface area contributed by atoms with Gasteiger partial charge in [0.25, 0.3) is 31.1 Å². The lowest BCUT2D eigenvalue weighted by Gasteiger charge is -2.10. The van der Waals surface area contributed by atoms with Crippen LogP contribution in [0.4, 0.5) is 0 Å². The maximum atomic E-state index is 6.61. The summed E-state index contributed by atoms with van der Waals surface area (Å²) in [5, 5.41) is 23.4. The molecule has 0 spiro atoms. The third-order valence-corrected chi connectivity index (χ3v) is 27.3. The molecule has 133 heavy (non-hydrogen) atoms. The summed E-state index contributed by atoms with van der Waals surface area (Å²) in [6.07, 6.45) is 11.1. The van der Waals surface area contributed by atoms with E-state index in [9.17, 15) is 0 Å². The Kier molecular flexibility index (Phi) is 20.2. The Balaban J connectivity index is 0.0000000970. The second kappa shape index (κ2) is 32.7. The van der Waals surface area contributed by atoms with E-state index < -0.39 is 0 Å². The average Bonchev–Trinajstić information content (AvgIpc) is 1.60. The van der Waals surface area contributed by atoms with Crippen molar-refractivity contribution in [3.8, 4) is 56.4 Å². The first kappa shape index (κ1) is 82.3. The molecular weight excluding hydrogens is 1640 g/mol. The highest BCUT2D eigenvalue weighted by Gasteiger charge is 2.31. The Morgan fingerprint density at radius 3 is 0.902 bits per heavy atom. The molecule has 0 N–H and O–H groups in total. The Morgan fingerprint density at radius 2 is 0.526 bits per heavy atom. The second-order valence-electron chi connectivity index (χ2n) is 35.5. The van der Waals surface area contributed by atoms with Crippen molar-refractivity contribution in [3.05, 3.63) is 367 Å². The minimum Gasteiger partial charge on any atom is -0.455 e. The Labute approximate surface area is 767 Å². The fourth-order valence-electron chi connectivity index (χ4n) is 20.1. The number of furan rings is 5. The third kappa shape index (κ3) is 13.7. The lowest BCUT2D eigenvalue weighted by Crippen LogP contribution is -2.31. The van der Waals surface area contributed by atoms with E-state index in [-0.39, 0.29) is 0 Å². The number of hydrogen-bond donors (Lipinski definition) is 0. The highest BCUT2D eigenvalue weighted by atomic mass is 16.3. The zero-order valence-corrected chi connectivity index (χ0v) is 77.0. The largest absolute Gasteiger partial charge is 0.455 e. The number of aryl methyl sites for hydroxylation is 13. The van der Waals surface area contributed by atoms with Gasteiger partial charge in [-0.2, -0.15) is 0 Å². The zero-order valence-electron chi connectivity index (χ0n) is 77.0. The first-order valence-corrected chi connectivity index (χ1v) is 45.1. The van der Waals surface area contributed by atoms with Crippen LogP contribution in [0.25, 0.3) is 231 Å². The normalized spacial score (nSPS) is 11.7. The van der Waals surface area contributed by atoms with Crippen molar-refractivity contribution in [1.29, 1.82) is 0 Å². The van der Waals surface area contributed by atoms with Crippen LogP contribution in [0.2, 0.25) is 0 Å². The fraction of sp³-hybridized carbons (Fsp3) is 0.127.